The van der Waals surface area contributed by atoms with Crippen molar-refractivity contribution in [1.82, 2.24) is 14.5 Å². The first-order chi connectivity index (χ1) is 9.24. The molecule has 0 fully saturated rings. The fourth-order valence-corrected chi connectivity index (χ4v) is 2.49. The zero-order valence-corrected chi connectivity index (χ0v) is 10.8. The molecule has 0 saturated heterocycles. The molecule has 1 unspecified atom stereocenters. The Hall–Kier alpha value is -2.35. The quantitative estimate of drug-likeness (QED) is 0.887. The zero-order chi connectivity index (χ0) is 13.2. The number of fused-ring (bicyclic) bond motifs is 1. The van der Waals surface area contributed by atoms with Crippen LogP contribution in [0, 0.1) is 18.3 Å². The Balaban J connectivity index is 1.70. The lowest BCUT2D eigenvalue weighted by Gasteiger charge is -2.25. The highest BCUT2D eigenvalue weighted by molar-refractivity contribution is 5.43. The highest BCUT2D eigenvalue weighted by Crippen LogP contribution is 2.18. The van der Waals surface area contributed by atoms with E-state index in [-0.39, 0.29) is 0 Å². The summed E-state index contributed by atoms with van der Waals surface area (Å²) >= 11 is 0. The van der Waals surface area contributed by atoms with Gasteiger partial charge in [0.15, 0.2) is 0 Å². The first-order valence-corrected chi connectivity index (χ1v) is 6.40. The number of hydrogen-bond donors (Lipinski definition) is 1. The van der Waals surface area contributed by atoms with Crippen molar-refractivity contribution in [3.05, 3.63) is 41.7 Å². The van der Waals surface area contributed by atoms with Crippen LogP contribution in [0.3, 0.4) is 0 Å². The van der Waals surface area contributed by atoms with Gasteiger partial charge in [0.1, 0.15) is 17.6 Å². The van der Waals surface area contributed by atoms with E-state index < -0.39 is 0 Å². The Morgan fingerprint density at radius 1 is 1.47 bits per heavy atom. The fourth-order valence-electron chi connectivity index (χ4n) is 2.49. The van der Waals surface area contributed by atoms with Gasteiger partial charge in [0, 0.05) is 25.2 Å². The fraction of sp³-hybridized carbons (Fsp3) is 0.357. The van der Waals surface area contributed by atoms with E-state index in [0.29, 0.717) is 11.7 Å². The van der Waals surface area contributed by atoms with Crippen LogP contribution in [0.15, 0.2) is 24.5 Å². The van der Waals surface area contributed by atoms with Gasteiger partial charge in [0.2, 0.25) is 0 Å². The summed E-state index contributed by atoms with van der Waals surface area (Å²) in [7, 11) is 0. The van der Waals surface area contributed by atoms with Crippen LogP contribution in [-0.4, -0.2) is 20.6 Å². The molecule has 0 bridgehead atoms. The summed E-state index contributed by atoms with van der Waals surface area (Å²) in [5.74, 6) is 1.17. The second-order valence-electron chi connectivity index (χ2n) is 4.87. The van der Waals surface area contributed by atoms with Crippen molar-refractivity contribution in [2.24, 2.45) is 0 Å². The van der Waals surface area contributed by atoms with Crippen molar-refractivity contribution >= 4 is 5.69 Å². The number of nitrogens with zero attached hydrogens (tertiary/aromatic N) is 4. The molecular formula is C14H15N5. The van der Waals surface area contributed by atoms with E-state index in [9.17, 15) is 0 Å². The number of pyridine rings is 1. The zero-order valence-electron chi connectivity index (χ0n) is 10.8. The van der Waals surface area contributed by atoms with Crippen LogP contribution >= 0.6 is 0 Å². The van der Waals surface area contributed by atoms with E-state index in [1.54, 1.807) is 12.3 Å². The third-order valence-corrected chi connectivity index (χ3v) is 3.36. The molecule has 0 aliphatic carbocycles. The summed E-state index contributed by atoms with van der Waals surface area (Å²) in [5.41, 5.74) is 2.49. The van der Waals surface area contributed by atoms with E-state index in [4.69, 9.17) is 5.26 Å². The second-order valence-corrected chi connectivity index (χ2v) is 4.87. The van der Waals surface area contributed by atoms with Gasteiger partial charge in [-0.05, 0) is 25.5 Å². The number of rotatable bonds is 2. The maximum Gasteiger partial charge on any atom is 0.140 e. The van der Waals surface area contributed by atoms with Crippen LogP contribution in [-0.2, 0) is 13.0 Å². The second kappa shape index (κ2) is 4.73. The van der Waals surface area contributed by atoms with Crippen LogP contribution in [0.25, 0.3) is 0 Å². The maximum atomic E-state index is 8.72. The molecule has 0 amide bonds. The van der Waals surface area contributed by atoms with Crippen molar-refractivity contribution < 1.29 is 0 Å². The molecular weight excluding hydrogens is 238 g/mol. The Morgan fingerprint density at radius 2 is 2.37 bits per heavy atom. The van der Waals surface area contributed by atoms with Gasteiger partial charge in [-0.1, -0.05) is 0 Å². The van der Waals surface area contributed by atoms with E-state index in [2.05, 4.69) is 26.0 Å². The molecule has 5 heteroatoms. The molecule has 1 N–H and O–H groups in total. The van der Waals surface area contributed by atoms with Gasteiger partial charge in [0.05, 0.1) is 17.6 Å². The van der Waals surface area contributed by atoms with E-state index in [1.165, 1.54) is 5.82 Å². The van der Waals surface area contributed by atoms with E-state index >= 15 is 0 Å². The smallest absolute Gasteiger partial charge is 0.140 e. The molecule has 0 radical (unpaired) electrons. The lowest BCUT2D eigenvalue weighted by molar-refractivity contribution is 0.476. The first-order valence-electron chi connectivity index (χ1n) is 6.40. The highest BCUT2D eigenvalue weighted by atomic mass is 15.1. The number of anilines is 1. The van der Waals surface area contributed by atoms with Gasteiger partial charge >= 0.3 is 0 Å². The van der Waals surface area contributed by atoms with Crippen LogP contribution < -0.4 is 5.32 Å². The van der Waals surface area contributed by atoms with Crippen molar-refractivity contribution in [3.63, 3.8) is 0 Å². The minimum Gasteiger partial charge on any atom is -0.379 e. The number of hydrogen-bond acceptors (Lipinski definition) is 4. The summed E-state index contributed by atoms with van der Waals surface area (Å²) in [6, 6.07) is 6.04. The molecule has 1 aliphatic rings. The lowest BCUT2D eigenvalue weighted by atomic mass is 10.1. The van der Waals surface area contributed by atoms with Crippen LogP contribution in [0.4, 0.5) is 5.69 Å². The van der Waals surface area contributed by atoms with Gasteiger partial charge < -0.3 is 9.88 Å². The van der Waals surface area contributed by atoms with Crippen molar-refractivity contribution in [3.8, 4) is 6.07 Å². The lowest BCUT2D eigenvalue weighted by Crippen LogP contribution is -2.31. The standard InChI is InChI=1S/C14H15N5/c1-10-8-19-9-13(4-5-14(19)17-10)18-12-3-2-11(6-15)16-7-12/h2-3,7-8,13,18H,4-5,9H2,1H3. The van der Waals surface area contributed by atoms with Gasteiger partial charge in [0.25, 0.3) is 0 Å². The van der Waals surface area contributed by atoms with E-state index in [0.717, 1.165) is 30.8 Å². The van der Waals surface area contributed by atoms with Crippen LogP contribution in [0.1, 0.15) is 23.6 Å². The monoisotopic (exact) mass is 253 g/mol. The summed E-state index contributed by atoms with van der Waals surface area (Å²) in [6.45, 7) is 2.95. The van der Waals surface area contributed by atoms with Crippen LogP contribution in [0.5, 0.6) is 0 Å². The SMILES string of the molecule is Cc1cn2c(n1)CCC(Nc1ccc(C#N)nc1)C2. The third-order valence-electron chi connectivity index (χ3n) is 3.36. The third kappa shape index (κ3) is 2.43. The minimum atomic E-state index is 0.385. The molecule has 1 aliphatic heterocycles. The summed E-state index contributed by atoms with van der Waals surface area (Å²) < 4.78 is 2.22. The van der Waals surface area contributed by atoms with Gasteiger partial charge in [-0.3, -0.25) is 0 Å². The Bertz CT molecular complexity index is 620. The predicted molar refractivity (Wildman–Crippen MR) is 71.6 cm³/mol. The summed E-state index contributed by atoms with van der Waals surface area (Å²) in [4.78, 5) is 8.57. The average molecular weight is 253 g/mol. The van der Waals surface area contributed by atoms with Crippen LogP contribution in [0.2, 0.25) is 0 Å². The molecule has 96 valence electrons. The van der Waals surface area contributed by atoms with Gasteiger partial charge in [-0.25, -0.2) is 9.97 Å². The first kappa shape index (κ1) is 11.7. The number of imidazole rings is 1. The van der Waals surface area contributed by atoms with Crippen molar-refractivity contribution in [1.29, 1.82) is 5.26 Å². The molecule has 2 aromatic rings. The topological polar surface area (TPSA) is 66.5 Å². The number of aromatic nitrogens is 3. The molecule has 3 heterocycles. The largest absolute Gasteiger partial charge is 0.379 e. The molecule has 0 saturated carbocycles. The molecule has 19 heavy (non-hydrogen) atoms. The molecule has 0 spiro atoms. The Morgan fingerprint density at radius 3 is 3.11 bits per heavy atom. The summed E-state index contributed by atoms with van der Waals surface area (Å²) in [6.07, 6.45) is 5.87. The number of nitriles is 1. The Labute approximate surface area is 111 Å². The van der Waals surface area contributed by atoms with Crippen molar-refractivity contribution in [2.75, 3.05) is 5.32 Å². The molecule has 2 aromatic heterocycles. The number of nitrogens with one attached hydrogen (secondary N) is 1. The molecule has 3 rings (SSSR count). The van der Waals surface area contributed by atoms with Crippen molar-refractivity contribution in [2.45, 2.75) is 32.4 Å². The normalized spacial score (nSPS) is 17.6. The maximum absolute atomic E-state index is 8.72. The van der Waals surface area contributed by atoms with Gasteiger partial charge in [-0.2, -0.15) is 5.26 Å². The Kier molecular flexibility index (Phi) is 2.92. The molecule has 0 aromatic carbocycles. The minimum absolute atomic E-state index is 0.385. The number of aryl methyl sites for hydroxylation is 2. The highest BCUT2D eigenvalue weighted by Gasteiger charge is 2.19. The molecule has 5 nitrogen and oxygen atoms in total. The van der Waals surface area contributed by atoms with E-state index in [1.807, 2.05) is 19.1 Å². The molecule has 1 atom stereocenters. The average Bonchev–Trinajstić information content (AvgIpc) is 2.79. The predicted octanol–water partition coefficient (Wildman–Crippen LogP) is 1.89. The van der Waals surface area contributed by atoms with Gasteiger partial charge in [-0.15, -0.1) is 0 Å². The summed E-state index contributed by atoms with van der Waals surface area (Å²) in [5, 5.41) is 12.2.